The molecule has 1 aliphatic rings. The Labute approximate surface area is 149 Å². The van der Waals surface area contributed by atoms with Crippen molar-refractivity contribution in [1.82, 2.24) is 4.98 Å². The minimum absolute atomic E-state index is 0.303. The van der Waals surface area contributed by atoms with Crippen LogP contribution in [-0.2, 0) is 0 Å². The lowest BCUT2D eigenvalue weighted by Crippen LogP contribution is -2.29. The molecule has 1 aliphatic heterocycles. The molecule has 4 rings (SSSR count). The van der Waals surface area contributed by atoms with E-state index in [4.69, 9.17) is 0 Å². The predicted molar refractivity (Wildman–Crippen MR) is 96.2 cm³/mol. The maximum Gasteiger partial charge on any atom is 0.274 e. The van der Waals surface area contributed by atoms with Crippen LogP contribution in [0.4, 0.5) is 11.4 Å². The van der Waals surface area contributed by atoms with Gasteiger partial charge < -0.3 is 5.32 Å². The van der Waals surface area contributed by atoms with Crippen molar-refractivity contribution >= 4 is 29.1 Å². The summed E-state index contributed by atoms with van der Waals surface area (Å²) >= 11 is 0. The molecule has 1 aromatic heterocycles. The van der Waals surface area contributed by atoms with Gasteiger partial charge in [0.05, 0.1) is 16.8 Å². The maximum atomic E-state index is 12.5. The summed E-state index contributed by atoms with van der Waals surface area (Å²) < 4.78 is 0. The summed E-state index contributed by atoms with van der Waals surface area (Å²) in [6.45, 7) is 0. The minimum Gasteiger partial charge on any atom is -0.321 e. The number of pyridine rings is 1. The van der Waals surface area contributed by atoms with Crippen LogP contribution >= 0.6 is 0 Å². The number of amides is 3. The van der Waals surface area contributed by atoms with Crippen molar-refractivity contribution in [1.29, 1.82) is 0 Å². The number of benzene rings is 2. The molecule has 0 radical (unpaired) electrons. The molecular formula is C20H13N3O3. The maximum absolute atomic E-state index is 12.5. The number of anilines is 2. The molecule has 126 valence electrons. The van der Waals surface area contributed by atoms with Gasteiger partial charge in [-0.2, -0.15) is 0 Å². The number of nitrogens with zero attached hydrogens (tertiary/aromatic N) is 2. The van der Waals surface area contributed by atoms with Gasteiger partial charge >= 0.3 is 0 Å². The summed E-state index contributed by atoms with van der Waals surface area (Å²) in [6, 6.07) is 18.3. The molecule has 6 heteroatoms. The van der Waals surface area contributed by atoms with E-state index in [-0.39, 0.29) is 17.7 Å². The van der Waals surface area contributed by atoms with Gasteiger partial charge in [-0.25, -0.2) is 4.90 Å². The number of imide groups is 1. The highest BCUT2D eigenvalue weighted by molar-refractivity contribution is 6.34. The summed E-state index contributed by atoms with van der Waals surface area (Å²) in [7, 11) is 0. The average molecular weight is 343 g/mol. The monoisotopic (exact) mass is 343 g/mol. The normalized spacial score (nSPS) is 12.8. The molecule has 2 aromatic carbocycles. The van der Waals surface area contributed by atoms with Crippen molar-refractivity contribution in [3.63, 3.8) is 0 Å². The van der Waals surface area contributed by atoms with Crippen LogP contribution in [0.5, 0.6) is 0 Å². The van der Waals surface area contributed by atoms with E-state index in [0.717, 1.165) is 4.90 Å². The molecule has 0 atom stereocenters. The molecule has 2 heterocycles. The fourth-order valence-corrected chi connectivity index (χ4v) is 2.81. The van der Waals surface area contributed by atoms with Crippen molar-refractivity contribution in [2.45, 2.75) is 0 Å². The zero-order valence-electron chi connectivity index (χ0n) is 13.5. The lowest BCUT2D eigenvalue weighted by atomic mass is 10.1. The molecular weight excluding hydrogens is 330 g/mol. The molecule has 3 aromatic rings. The van der Waals surface area contributed by atoms with Gasteiger partial charge in [-0.1, -0.05) is 18.2 Å². The Bertz CT molecular complexity index is 979. The standard InChI is InChI=1S/C20H13N3O3/c24-18(17-7-3-4-12-21-17)22-13-8-10-14(11-9-13)23-19(25)15-5-1-2-6-16(15)20(23)26/h1-12H,(H,22,24). The summed E-state index contributed by atoms with van der Waals surface area (Å²) in [5.41, 5.74) is 2.08. The van der Waals surface area contributed by atoms with E-state index >= 15 is 0 Å². The van der Waals surface area contributed by atoms with Gasteiger partial charge in [0.25, 0.3) is 17.7 Å². The Balaban J connectivity index is 1.55. The molecule has 0 saturated heterocycles. The van der Waals surface area contributed by atoms with Crippen molar-refractivity contribution in [2.24, 2.45) is 0 Å². The molecule has 0 saturated carbocycles. The van der Waals surface area contributed by atoms with E-state index in [1.54, 1.807) is 72.9 Å². The first-order chi connectivity index (χ1) is 12.6. The third-order valence-electron chi connectivity index (χ3n) is 4.07. The van der Waals surface area contributed by atoms with Crippen molar-refractivity contribution in [2.75, 3.05) is 10.2 Å². The fraction of sp³-hybridized carbons (Fsp3) is 0. The van der Waals surface area contributed by atoms with Crippen molar-refractivity contribution in [3.8, 4) is 0 Å². The quantitative estimate of drug-likeness (QED) is 0.741. The zero-order valence-corrected chi connectivity index (χ0v) is 13.5. The lowest BCUT2D eigenvalue weighted by molar-refractivity contribution is 0.0924. The van der Waals surface area contributed by atoms with E-state index in [1.807, 2.05) is 0 Å². The van der Waals surface area contributed by atoms with Crippen LogP contribution in [-0.4, -0.2) is 22.7 Å². The number of carbonyl (C=O) groups is 3. The molecule has 0 spiro atoms. The Morgan fingerprint density at radius 2 is 1.42 bits per heavy atom. The van der Waals surface area contributed by atoms with E-state index in [1.165, 1.54) is 0 Å². The third kappa shape index (κ3) is 2.63. The van der Waals surface area contributed by atoms with Crippen LogP contribution in [0.3, 0.4) is 0 Å². The lowest BCUT2D eigenvalue weighted by Gasteiger charge is -2.14. The Morgan fingerprint density at radius 3 is 2.00 bits per heavy atom. The summed E-state index contributed by atoms with van der Waals surface area (Å²) in [5, 5.41) is 2.73. The topological polar surface area (TPSA) is 79.4 Å². The van der Waals surface area contributed by atoms with Gasteiger partial charge in [0.2, 0.25) is 0 Å². The highest BCUT2D eigenvalue weighted by Gasteiger charge is 2.36. The zero-order chi connectivity index (χ0) is 18.1. The average Bonchev–Trinajstić information content (AvgIpc) is 2.94. The van der Waals surface area contributed by atoms with Gasteiger partial charge in [0, 0.05) is 11.9 Å². The molecule has 3 amide bonds. The first-order valence-electron chi connectivity index (χ1n) is 7.95. The first-order valence-corrected chi connectivity index (χ1v) is 7.95. The second kappa shape index (κ2) is 6.25. The van der Waals surface area contributed by atoms with Crippen LogP contribution in [0.2, 0.25) is 0 Å². The number of nitrogens with one attached hydrogen (secondary N) is 1. The van der Waals surface area contributed by atoms with Crippen LogP contribution in [0, 0.1) is 0 Å². The van der Waals surface area contributed by atoms with E-state index in [2.05, 4.69) is 10.3 Å². The van der Waals surface area contributed by atoms with Crippen LogP contribution in [0.25, 0.3) is 0 Å². The molecule has 6 nitrogen and oxygen atoms in total. The molecule has 0 bridgehead atoms. The summed E-state index contributed by atoms with van der Waals surface area (Å²) in [6.07, 6.45) is 1.54. The number of aromatic nitrogens is 1. The van der Waals surface area contributed by atoms with E-state index < -0.39 is 0 Å². The van der Waals surface area contributed by atoms with Crippen molar-refractivity contribution in [3.05, 3.63) is 89.7 Å². The smallest absolute Gasteiger partial charge is 0.274 e. The Morgan fingerprint density at radius 1 is 0.808 bits per heavy atom. The SMILES string of the molecule is O=C(Nc1ccc(N2C(=O)c3ccccc3C2=O)cc1)c1ccccn1. The second-order valence-electron chi connectivity index (χ2n) is 5.71. The van der Waals surface area contributed by atoms with Gasteiger partial charge in [0.15, 0.2) is 0 Å². The van der Waals surface area contributed by atoms with Gasteiger partial charge in [-0.15, -0.1) is 0 Å². The Kier molecular flexibility index (Phi) is 3.78. The van der Waals surface area contributed by atoms with Gasteiger partial charge in [-0.05, 0) is 48.5 Å². The third-order valence-corrected chi connectivity index (χ3v) is 4.07. The first kappa shape index (κ1) is 15.7. The number of hydrogen-bond acceptors (Lipinski definition) is 4. The number of rotatable bonds is 3. The Hall–Kier alpha value is -3.80. The number of hydrogen-bond donors (Lipinski definition) is 1. The summed E-state index contributed by atoms with van der Waals surface area (Å²) in [5.74, 6) is -1.04. The molecule has 1 N–H and O–H groups in total. The fourth-order valence-electron chi connectivity index (χ4n) is 2.81. The predicted octanol–water partition coefficient (Wildman–Crippen LogP) is 3.13. The second-order valence-corrected chi connectivity index (χ2v) is 5.71. The number of fused-ring (bicyclic) bond motifs is 1. The van der Waals surface area contributed by atoms with Crippen LogP contribution in [0.15, 0.2) is 72.9 Å². The largest absolute Gasteiger partial charge is 0.321 e. The van der Waals surface area contributed by atoms with E-state index in [9.17, 15) is 14.4 Å². The minimum atomic E-state index is -0.351. The highest BCUT2D eigenvalue weighted by Crippen LogP contribution is 2.29. The van der Waals surface area contributed by atoms with Gasteiger partial charge in [0.1, 0.15) is 5.69 Å². The highest BCUT2D eigenvalue weighted by atomic mass is 16.2. The molecule has 0 fully saturated rings. The van der Waals surface area contributed by atoms with Crippen molar-refractivity contribution < 1.29 is 14.4 Å². The van der Waals surface area contributed by atoms with Crippen LogP contribution in [0.1, 0.15) is 31.2 Å². The molecule has 0 aliphatic carbocycles. The molecule has 26 heavy (non-hydrogen) atoms. The summed E-state index contributed by atoms with van der Waals surface area (Å²) in [4.78, 5) is 42.2. The number of carbonyl (C=O) groups excluding carboxylic acids is 3. The van der Waals surface area contributed by atoms with E-state index in [0.29, 0.717) is 28.2 Å². The molecule has 0 unspecified atom stereocenters. The van der Waals surface area contributed by atoms with Crippen LogP contribution < -0.4 is 10.2 Å². The van der Waals surface area contributed by atoms with Gasteiger partial charge in [-0.3, -0.25) is 19.4 Å².